The zero-order valence-electron chi connectivity index (χ0n) is 18.6. The molecule has 190 valence electrons. The highest BCUT2D eigenvalue weighted by molar-refractivity contribution is 6.34. The number of carbonyl (C=O) groups excluding carboxylic acids is 2. The molecule has 0 aliphatic heterocycles. The second kappa shape index (κ2) is 9.62. The first-order chi connectivity index (χ1) is 17.4. The van der Waals surface area contributed by atoms with Gasteiger partial charge in [0.15, 0.2) is 0 Å². The maximum absolute atomic E-state index is 15.0. The molecule has 0 saturated heterocycles. The van der Waals surface area contributed by atoms with Gasteiger partial charge >= 0.3 is 18.1 Å². The molecule has 0 aliphatic carbocycles. The van der Waals surface area contributed by atoms with Crippen LogP contribution in [-0.2, 0) is 22.1 Å². The van der Waals surface area contributed by atoms with Gasteiger partial charge in [-0.2, -0.15) is 23.0 Å². The van der Waals surface area contributed by atoms with Crippen LogP contribution in [0.5, 0.6) is 0 Å². The lowest BCUT2D eigenvalue weighted by Gasteiger charge is -2.13. The number of carboxylic acids is 1. The van der Waals surface area contributed by atoms with E-state index in [2.05, 4.69) is 14.8 Å². The maximum Gasteiger partial charge on any atom is 0.417 e. The molecule has 0 spiro atoms. The molecule has 13 heteroatoms. The summed E-state index contributed by atoms with van der Waals surface area (Å²) >= 11 is 5.98. The molecule has 0 fully saturated rings. The third kappa shape index (κ3) is 4.87. The summed E-state index contributed by atoms with van der Waals surface area (Å²) in [5.41, 5.74) is -2.98. The van der Waals surface area contributed by atoms with Crippen molar-refractivity contribution < 1.29 is 41.8 Å². The van der Waals surface area contributed by atoms with Gasteiger partial charge in [0.05, 0.1) is 40.8 Å². The number of alkyl halides is 3. The number of pyridine rings is 1. The number of ether oxygens (including phenoxy) is 1. The Labute approximate surface area is 210 Å². The lowest BCUT2D eigenvalue weighted by atomic mass is 10.1. The minimum atomic E-state index is -4.94. The van der Waals surface area contributed by atoms with E-state index in [1.807, 2.05) is 0 Å². The SMILES string of the molecule is COC(=O)c1ccc(-c2nn(C(=O)c3c(Cl)cccc3C(F)(F)F)c3cc(CC(=O)O)cnc23)c(F)c1. The van der Waals surface area contributed by atoms with E-state index >= 15 is 4.39 Å². The fourth-order valence-corrected chi connectivity index (χ4v) is 3.94. The first-order valence-corrected chi connectivity index (χ1v) is 10.7. The van der Waals surface area contributed by atoms with Gasteiger partial charge in [-0.3, -0.25) is 14.6 Å². The van der Waals surface area contributed by atoms with Crippen LogP contribution in [0.25, 0.3) is 22.3 Å². The molecule has 0 unspecified atom stereocenters. The highest BCUT2D eigenvalue weighted by atomic mass is 35.5. The lowest BCUT2D eigenvalue weighted by molar-refractivity contribution is -0.138. The molecular formula is C24H14ClF4N3O5. The van der Waals surface area contributed by atoms with E-state index in [0.29, 0.717) is 10.7 Å². The van der Waals surface area contributed by atoms with Crippen molar-refractivity contribution in [2.75, 3.05) is 7.11 Å². The van der Waals surface area contributed by atoms with Crippen LogP contribution >= 0.6 is 11.6 Å². The average molecular weight is 536 g/mol. The Morgan fingerprint density at radius 1 is 1.14 bits per heavy atom. The molecule has 0 saturated carbocycles. The van der Waals surface area contributed by atoms with Crippen LogP contribution in [0.15, 0.2) is 48.7 Å². The number of fused-ring (bicyclic) bond motifs is 1. The van der Waals surface area contributed by atoms with Crippen LogP contribution in [0.3, 0.4) is 0 Å². The Bertz CT molecular complexity index is 1580. The molecule has 4 rings (SSSR count). The Morgan fingerprint density at radius 3 is 2.49 bits per heavy atom. The summed E-state index contributed by atoms with van der Waals surface area (Å²) in [5.74, 6) is -4.29. The van der Waals surface area contributed by atoms with Gasteiger partial charge in [0, 0.05) is 11.8 Å². The maximum atomic E-state index is 15.0. The van der Waals surface area contributed by atoms with Crippen LogP contribution in [0.4, 0.5) is 17.6 Å². The van der Waals surface area contributed by atoms with Crippen LogP contribution in [0.2, 0.25) is 5.02 Å². The van der Waals surface area contributed by atoms with Gasteiger partial charge < -0.3 is 9.84 Å². The largest absolute Gasteiger partial charge is 0.481 e. The van der Waals surface area contributed by atoms with Gasteiger partial charge in [-0.15, -0.1) is 0 Å². The van der Waals surface area contributed by atoms with Crippen molar-refractivity contribution in [3.05, 3.63) is 81.8 Å². The lowest BCUT2D eigenvalue weighted by Crippen LogP contribution is -2.20. The zero-order chi connectivity index (χ0) is 27.1. The number of hydrogen-bond donors (Lipinski definition) is 1. The van der Waals surface area contributed by atoms with Gasteiger partial charge in [0.25, 0.3) is 5.91 Å². The van der Waals surface area contributed by atoms with Crippen molar-refractivity contribution in [1.29, 1.82) is 0 Å². The number of esters is 1. The minimum Gasteiger partial charge on any atom is -0.481 e. The number of nitrogens with zero attached hydrogens (tertiary/aromatic N) is 3. The van der Waals surface area contributed by atoms with Crippen LogP contribution in [-0.4, -0.2) is 44.8 Å². The number of carbonyl (C=O) groups is 3. The van der Waals surface area contributed by atoms with Crippen LogP contribution in [0.1, 0.15) is 31.8 Å². The quantitative estimate of drug-likeness (QED) is 0.282. The Balaban J connectivity index is 1.98. The summed E-state index contributed by atoms with van der Waals surface area (Å²) in [4.78, 5) is 40.4. The highest BCUT2D eigenvalue weighted by Crippen LogP contribution is 2.37. The van der Waals surface area contributed by atoms with Crippen molar-refractivity contribution in [3.8, 4) is 11.3 Å². The molecule has 2 aromatic heterocycles. The number of benzene rings is 2. The molecule has 0 amide bonds. The summed E-state index contributed by atoms with van der Waals surface area (Å²) in [6.07, 6.45) is -4.29. The van der Waals surface area contributed by atoms with E-state index in [-0.39, 0.29) is 33.4 Å². The van der Waals surface area contributed by atoms with Crippen molar-refractivity contribution >= 4 is 40.5 Å². The van der Waals surface area contributed by atoms with Crippen LogP contribution < -0.4 is 0 Å². The predicted molar refractivity (Wildman–Crippen MR) is 122 cm³/mol. The first kappa shape index (κ1) is 25.8. The Kier molecular flexibility index (Phi) is 6.70. The van der Waals surface area contributed by atoms with Gasteiger partial charge in [-0.05, 0) is 42.0 Å². The smallest absolute Gasteiger partial charge is 0.417 e. The highest BCUT2D eigenvalue weighted by Gasteiger charge is 2.37. The molecule has 4 aromatic rings. The third-order valence-corrected chi connectivity index (χ3v) is 5.62. The van der Waals surface area contributed by atoms with E-state index in [4.69, 9.17) is 16.7 Å². The van der Waals surface area contributed by atoms with E-state index in [0.717, 1.165) is 31.5 Å². The number of aromatic nitrogens is 3. The molecule has 1 N–H and O–H groups in total. The van der Waals surface area contributed by atoms with Crippen LogP contribution in [0, 0.1) is 5.82 Å². The third-order valence-electron chi connectivity index (χ3n) is 5.30. The summed E-state index contributed by atoms with van der Waals surface area (Å²) < 4.78 is 61.2. The molecule has 0 bridgehead atoms. The normalized spacial score (nSPS) is 11.5. The number of rotatable bonds is 5. The van der Waals surface area contributed by atoms with E-state index in [1.165, 1.54) is 18.2 Å². The average Bonchev–Trinajstić information content (AvgIpc) is 3.20. The second-order valence-electron chi connectivity index (χ2n) is 7.69. The van der Waals surface area contributed by atoms with Crippen molar-refractivity contribution in [1.82, 2.24) is 14.8 Å². The number of aliphatic carboxylic acids is 1. The van der Waals surface area contributed by atoms with Crippen molar-refractivity contribution in [2.45, 2.75) is 12.6 Å². The Morgan fingerprint density at radius 2 is 1.86 bits per heavy atom. The van der Waals surface area contributed by atoms with E-state index in [1.54, 1.807) is 0 Å². The Hall–Kier alpha value is -4.32. The molecule has 2 heterocycles. The molecule has 0 atom stereocenters. The number of hydrogen-bond acceptors (Lipinski definition) is 6. The molecular weight excluding hydrogens is 522 g/mol. The second-order valence-corrected chi connectivity index (χ2v) is 8.10. The molecule has 0 radical (unpaired) electrons. The zero-order valence-corrected chi connectivity index (χ0v) is 19.4. The number of halogens is 5. The number of methoxy groups -OCH3 is 1. The van der Waals surface area contributed by atoms with Gasteiger partial charge in [0.2, 0.25) is 0 Å². The topological polar surface area (TPSA) is 111 Å². The van der Waals surface area contributed by atoms with Gasteiger partial charge in [-0.1, -0.05) is 17.7 Å². The van der Waals surface area contributed by atoms with Crippen molar-refractivity contribution in [2.24, 2.45) is 0 Å². The van der Waals surface area contributed by atoms with E-state index in [9.17, 15) is 27.6 Å². The number of carboxylic acid groups (broad SMARTS) is 1. The van der Waals surface area contributed by atoms with E-state index < -0.39 is 52.4 Å². The molecule has 37 heavy (non-hydrogen) atoms. The van der Waals surface area contributed by atoms with Crippen molar-refractivity contribution in [3.63, 3.8) is 0 Å². The van der Waals surface area contributed by atoms with Gasteiger partial charge in [0.1, 0.15) is 17.0 Å². The summed E-state index contributed by atoms with van der Waals surface area (Å²) in [5, 5.41) is 12.7. The summed E-state index contributed by atoms with van der Waals surface area (Å²) in [6.45, 7) is 0. The molecule has 2 aromatic carbocycles. The fourth-order valence-electron chi connectivity index (χ4n) is 3.68. The first-order valence-electron chi connectivity index (χ1n) is 10.3. The van der Waals surface area contributed by atoms with Gasteiger partial charge in [-0.25, -0.2) is 9.18 Å². The monoisotopic (exact) mass is 535 g/mol. The standard InChI is InChI=1S/C24H14ClF4N3O5/c1-37-23(36)12-5-6-13(16(26)9-12)20-21-17(7-11(10-30-21)8-18(33)34)32(31-20)22(35)19-14(24(27,28)29)3-2-4-15(19)25/h2-7,9-10H,8H2,1H3,(H,33,34). The molecule has 8 nitrogen and oxygen atoms in total. The predicted octanol–water partition coefficient (Wildman–Crippen LogP) is 5.01. The summed E-state index contributed by atoms with van der Waals surface area (Å²) in [6, 6.07) is 7.26. The summed E-state index contributed by atoms with van der Waals surface area (Å²) in [7, 11) is 1.11. The fraction of sp³-hybridized carbons (Fsp3) is 0.125. The minimum absolute atomic E-state index is 0.104. The molecule has 0 aliphatic rings.